The summed E-state index contributed by atoms with van der Waals surface area (Å²) < 4.78 is 13.4. The number of thiocarbonyl (C=S) groups is 1. The van der Waals surface area contributed by atoms with E-state index in [1.54, 1.807) is 14.2 Å². The maximum atomic E-state index is 5.68. The van der Waals surface area contributed by atoms with E-state index in [9.17, 15) is 0 Å². The quantitative estimate of drug-likeness (QED) is 0.407. The Morgan fingerprint density at radius 3 is 2.71 bits per heavy atom. The molecule has 3 atom stereocenters. The third-order valence-corrected chi connectivity index (χ3v) is 8.16. The van der Waals surface area contributed by atoms with Gasteiger partial charge >= 0.3 is 0 Å². The first-order valence-electron chi connectivity index (χ1n) is 12.6. The lowest BCUT2D eigenvalue weighted by Gasteiger charge is -2.46. The lowest BCUT2D eigenvalue weighted by atomic mass is 9.65. The Morgan fingerprint density at radius 2 is 2.00 bits per heavy atom. The normalized spacial score (nSPS) is 24.5. The van der Waals surface area contributed by atoms with Gasteiger partial charge in [0.25, 0.3) is 0 Å². The Balaban J connectivity index is 1.58. The summed E-state index contributed by atoms with van der Waals surface area (Å²) in [6, 6.07) is 11.7. The van der Waals surface area contributed by atoms with Crippen molar-refractivity contribution >= 4 is 17.3 Å². The number of nitrogens with one attached hydrogen (secondary N) is 2. The molecular formula is C27H40N4O2S. The van der Waals surface area contributed by atoms with Crippen molar-refractivity contribution in [2.75, 3.05) is 27.3 Å². The van der Waals surface area contributed by atoms with Crippen LogP contribution < -0.4 is 20.1 Å². The molecule has 2 fully saturated rings. The Morgan fingerprint density at radius 1 is 1.18 bits per heavy atom. The molecule has 34 heavy (non-hydrogen) atoms. The second kappa shape index (κ2) is 11.0. The van der Waals surface area contributed by atoms with Crippen LogP contribution in [-0.4, -0.2) is 54.0 Å². The Bertz CT molecular complexity index is 977. The zero-order chi connectivity index (χ0) is 24.1. The van der Waals surface area contributed by atoms with E-state index in [-0.39, 0.29) is 5.41 Å². The molecule has 2 aliphatic rings. The monoisotopic (exact) mass is 484 g/mol. The molecule has 1 saturated carbocycles. The van der Waals surface area contributed by atoms with Gasteiger partial charge in [-0.25, -0.2) is 0 Å². The van der Waals surface area contributed by atoms with E-state index in [2.05, 4.69) is 70.6 Å². The molecule has 2 N–H and O–H groups in total. The number of aromatic nitrogens is 1. The van der Waals surface area contributed by atoms with Crippen molar-refractivity contribution in [2.24, 2.45) is 7.05 Å². The van der Waals surface area contributed by atoms with Gasteiger partial charge in [-0.15, -0.1) is 0 Å². The summed E-state index contributed by atoms with van der Waals surface area (Å²) in [6.07, 6.45) is 8.92. The molecule has 1 aliphatic carbocycles. The lowest BCUT2D eigenvalue weighted by molar-refractivity contribution is 0.132. The number of fused-ring (bicyclic) bond motifs is 1. The predicted octanol–water partition coefficient (Wildman–Crippen LogP) is 4.37. The summed E-state index contributed by atoms with van der Waals surface area (Å²) in [5.74, 6) is 1.60. The number of nitrogens with zero attached hydrogens (tertiary/aromatic N) is 2. The van der Waals surface area contributed by atoms with Crippen molar-refractivity contribution < 1.29 is 9.47 Å². The summed E-state index contributed by atoms with van der Waals surface area (Å²) in [7, 11) is 5.56. The van der Waals surface area contributed by atoms with Crippen LogP contribution in [0.15, 0.2) is 36.5 Å². The van der Waals surface area contributed by atoms with Gasteiger partial charge in [0.1, 0.15) is 0 Å². The van der Waals surface area contributed by atoms with Crippen LogP contribution >= 0.6 is 12.2 Å². The summed E-state index contributed by atoms with van der Waals surface area (Å²) in [6.45, 7) is 5.20. The summed E-state index contributed by atoms with van der Waals surface area (Å²) in [5.41, 5.74) is 2.83. The fourth-order valence-electron chi connectivity index (χ4n) is 5.93. The largest absolute Gasteiger partial charge is 0.493 e. The predicted molar refractivity (Wildman–Crippen MR) is 142 cm³/mol. The zero-order valence-corrected chi connectivity index (χ0v) is 21.9. The van der Waals surface area contributed by atoms with Gasteiger partial charge in [0, 0.05) is 49.5 Å². The van der Waals surface area contributed by atoms with Crippen LogP contribution in [0, 0.1) is 0 Å². The Kier molecular flexibility index (Phi) is 8.04. The van der Waals surface area contributed by atoms with Gasteiger partial charge in [-0.2, -0.15) is 0 Å². The van der Waals surface area contributed by atoms with Crippen LogP contribution in [0.25, 0.3) is 0 Å². The van der Waals surface area contributed by atoms with E-state index in [0.717, 1.165) is 68.3 Å². The summed E-state index contributed by atoms with van der Waals surface area (Å²) in [5, 5.41) is 7.82. The highest BCUT2D eigenvalue weighted by Crippen LogP contribution is 2.50. The number of hydrogen-bond acceptors (Lipinski definition) is 4. The van der Waals surface area contributed by atoms with E-state index < -0.39 is 0 Å². The van der Waals surface area contributed by atoms with Gasteiger partial charge in [0.2, 0.25) is 0 Å². The molecule has 0 bridgehead atoms. The molecule has 1 aromatic carbocycles. The second-order valence-electron chi connectivity index (χ2n) is 9.80. The van der Waals surface area contributed by atoms with E-state index in [1.807, 2.05) is 0 Å². The molecule has 0 unspecified atom stereocenters. The molecule has 6 nitrogen and oxygen atoms in total. The standard InChI is InChI=1S/C27H40N4O2S/c1-5-6-14-28-26(34)29-21-11-12-27(20-9-10-23(32-3)24(17-20)33-4)13-16-31(25(27)18-21)19-22-8-7-15-30(22)2/h7-10,15,17,21,25H,5-6,11-14,16,18-19H2,1-4H3,(H2,28,29,34)/t21-,25+,27-/m0/s1. The average Bonchev–Trinajstić information content (AvgIpc) is 3.42. The van der Waals surface area contributed by atoms with Crippen LogP contribution in [0.5, 0.6) is 11.5 Å². The molecule has 0 amide bonds. The minimum Gasteiger partial charge on any atom is -0.493 e. The first-order chi connectivity index (χ1) is 16.5. The fraction of sp³-hybridized carbons (Fsp3) is 0.593. The van der Waals surface area contributed by atoms with Crippen molar-refractivity contribution in [3.63, 3.8) is 0 Å². The van der Waals surface area contributed by atoms with E-state index in [1.165, 1.54) is 17.7 Å². The zero-order valence-electron chi connectivity index (χ0n) is 21.1. The smallest absolute Gasteiger partial charge is 0.166 e. The summed E-state index contributed by atoms with van der Waals surface area (Å²) in [4.78, 5) is 2.69. The number of aryl methyl sites for hydroxylation is 1. The Hall–Kier alpha value is -2.25. The van der Waals surface area contributed by atoms with Crippen molar-refractivity contribution in [1.29, 1.82) is 0 Å². The number of ether oxygens (including phenoxy) is 2. The van der Waals surface area contributed by atoms with E-state index in [0.29, 0.717) is 12.1 Å². The molecule has 1 aliphatic heterocycles. The van der Waals surface area contributed by atoms with E-state index >= 15 is 0 Å². The number of benzene rings is 1. The number of rotatable bonds is 9. The molecule has 2 heterocycles. The third kappa shape index (κ3) is 5.05. The second-order valence-corrected chi connectivity index (χ2v) is 10.2. The first kappa shape index (κ1) is 24.9. The number of unbranched alkanes of at least 4 members (excludes halogenated alkanes) is 1. The molecule has 1 aromatic heterocycles. The van der Waals surface area contributed by atoms with Gasteiger partial charge in [-0.05, 0) is 80.7 Å². The molecule has 0 spiro atoms. The molecule has 7 heteroatoms. The average molecular weight is 485 g/mol. The maximum Gasteiger partial charge on any atom is 0.166 e. The van der Waals surface area contributed by atoms with Crippen molar-refractivity contribution in [1.82, 2.24) is 20.1 Å². The minimum atomic E-state index is 0.111. The van der Waals surface area contributed by atoms with Gasteiger partial charge in [0.15, 0.2) is 16.6 Å². The molecule has 1 saturated heterocycles. The highest BCUT2D eigenvalue weighted by molar-refractivity contribution is 7.80. The van der Waals surface area contributed by atoms with Crippen LogP contribution in [0.2, 0.25) is 0 Å². The molecule has 0 radical (unpaired) electrons. The number of methoxy groups -OCH3 is 2. The van der Waals surface area contributed by atoms with Crippen LogP contribution in [-0.2, 0) is 19.0 Å². The molecule has 2 aromatic rings. The summed E-state index contributed by atoms with van der Waals surface area (Å²) >= 11 is 5.62. The van der Waals surface area contributed by atoms with Crippen molar-refractivity contribution in [3.8, 4) is 11.5 Å². The Labute approximate surface area is 210 Å². The van der Waals surface area contributed by atoms with Gasteiger partial charge < -0.3 is 24.7 Å². The molecule has 4 rings (SSSR count). The van der Waals surface area contributed by atoms with Crippen molar-refractivity contribution in [3.05, 3.63) is 47.8 Å². The first-order valence-corrected chi connectivity index (χ1v) is 13.0. The lowest BCUT2D eigenvalue weighted by Crippen LogP contribution is -2.53. The maximum absolute atomic E-state index is 5.68. The van der Waals surface area contributed by atoms with Gasteiger partial charge in [-0.1, -0.05) is 19.4 Å². The fourth-order valence-corrected chi connectivity index (χ4v) is 6.20. The van der Waals surface area contributed by atoms with Crippen LogP contribution in [0.4, 0.5) is 0 Å². The number of likely N-dealkylation sites (tertiary alicyclic amines) is 1. The van der Waals surface area contributed by atoms with Gasteiger partial charge in [-0.3, -0.25) is 4.90 Å². The third-order valence-electron chi connectivity index (χ3n) is 7.90. The van der Waals surface area contributed by atoms with Gasteiger partial charge in [0.05, 0.1) is 14.2 Å². The highest BCUT2D eigenvalue weighted by atomic mass is 32.1. The van der Waals surface area contributed by atoms with Crippen molar-refractivity contribution in [2.45, 2.75) is 69.5 Å². The highest BCUT2D eigenvalue weighted by Gasteiger charge is 2.51. The molecular weight excluding hydrogens is 444 g/mol. The van der Waals surface area contributed by atoms with Crippen LogP contribution in [0.3, 0.4) is 0 Å². The SMILES string of the molecule is CCCCNC(=S)N[C@H]1CC[C@@]2(c3ccc(OC)c(OC)c3)CCN(Cc3cccn3C)[C@@H]2C1. The topological polar surface area (TPSA) is 50.7 Å². The number of hydrogen-bond donors (Lipinski definition) is 2. The minimum absolute atomic E-state index is 0.111. The molecule has 186 valence electrons. The van der Waals surface area contributed by atoms with Crippen LogP contribution in [0.1, 0.15) is 56.7 Å². The van der Waals surface area contributed by atoms with E-state index in [4.69, 9.17) is 21.7 Å².